The van der Waals surface area contributed by atoms with Gasteiger partial charge in [0.25, 0.3) is 0 Å². The third kappa shape index (κ3) is 2.84. The molecule has 0 radical (unpaired) electrons. The van der Waals surface area contributed by atoms with E-state index in [0.29, 0.717) is 5.41 Å². The smallest absolute Gasteiger partial charge is 0.0905 e. The highest BCUT2D eigenvalue weighted by Crippen LogP contribution is 2.35. The Bertz CT molecular complexity index is 163. The molecule has 70 valence electrons. The predicted molar refractivity (Wildman–Crippen MR) is 53.4 cm³/mol. The number of nitrogens with zero attached hydrogens (tertiary/aromatic N) is 1. The van der Waals surface area contributed by atoms with E-state index in [9.17, 15) is 0 Å². The Balaban J connectivity index is 2.41. The van der Waals surface area contributed by atoms with Crippen molar-refractivity contribution in [2.75, 3.05) is 6.54 Å². The summed E-state index contributed by atoms with van der Waals surface area (Å²) >= 11 is 0. The summed E-state index contributed by atoms with van der Waals surface area (Å²) in [5.41, 5.74) is 5.96. The summed E-state index contributed by atoms with van der Waals surface area (Å²) in [5, 5.41) is 0. The molecule has 1 aliphatic rings. The number of aliphatic imine (C=N–C) groups is 1. The van der Waals surface area contributed by atoms with Crippen molar-refractivity contribution in [3.05, 3.63) is 0 Å². The molecule has 0 bridgehead atoms. The summed E-state index contributed by atoms with van der Waals surface area (Å²) in [5.74, 6) is 0.724. The monoisotopic (exact) mass is 168 g/mol. The lowest BCUT2D eigenvalue weighted by Crippen LogP contribution is -2.24. The first-order chi connectivity index (χ1) is 5.62. The first-order valence-corrected chi connectivity index (χ1v) is 4.89. The van der Waals surface area contributed by atoms with Crippen molar-refractivity contribution < 1.29 is 0 Å². The van der Waals surface area contributed by atoms with Gasteiger partial charge in [0.1, 0.15) is 0 Å². The molecule has 12 heavy (non-hydrogen) atoms. The first-order valence-electron chi connectivity index (χ1n) is 4.89. The van der Waals surface area contributed by atoms with E-state index in [2.05, 4.69) is 11.9 Å². The Hall–Kier alpha value is -0.530. The summed E-state index contributed by atoms with van der Waals surface area (Å²) in [6, 6.07) is 0. The van der Waals surface area contributed by atoms with Gasteiger partial charge in [-0.15, -0.1) is 0 Å². The second kappa shape index (κ2) is 3.92. The Morgan fingerprint density at radius 1 is 1.33 bits per heavy atom. The molecule has 0 atom stereocenters. The molecule has 0 unspecified atom stereocenters. The molecule has 0 aromatic carbocycles. The average Bonchev–Trinajstić information content (AvgIpc) is 2.03. The molecule has 0 aromatic rings. The molecule has 1 fully saturated rings. The van der Waals surface area contributed by atoms with Crippen LogP contribution in [0.2, 0.25) is 0 Å². The Kier molecular flexibility index (Phi) is 3.12. The predicted octanol–water partition coefficient (Wildman–Crippen LogP) is 2.33. The van der Waals surface area contributed by atoms with E-state index in [1.54, 1.807) is 0 Å². The zero-order valence-electron chi connectivity index (χ0n) is 8.27. The molecule has 0 amide bonds. The van der Waals surface area contributed by atoms with Crippen molar-refractivity contribution in [2.24, 2.45) is 16.1 Å². The molecule has 0 aromatic heterocycles. The number of amidine groups is 1. The summed E-state index contributed by atoms with van der Waals surface area (Å²) in [6.45, 7) is 5.13. The van der Waals surface area contributed by atoms with Crippen LogP contribution in [0.4, 0.5) is 0 Å². The van der Waals surface area contributed by atoms with Gasteiger partial charge < -0.3 is 5.73 Å². The minimum absolute atomic E-state index is 0.443. The van der Waals surface area contributed by atoms with Gasteiger partial charge in [0.15, 0.2) is 0 Å². The van der Waals surface area contributed by atoms with Crippen LogP contribution in [0.1, 0.15) is 46.0 Å². The fourth-order valence-corrected chi connectivity index (χ4v) is 1.88. The lowest BCUT2D eigenvalue weighted by molar-refractivity contribution is 0.227. The van der Waals surface area contributed by atoms with Crippen LogP contribution in [0.15, 0.2) is 4.99 Å². The lowest BCUT2D eigenvalue weighted by Gasteiger charge is -2.31. The minimum Gasteiger partial charge on any atom is -0.388 e. The minimum atomic E-state index is 0.443. The highest BCUT2D eigenvalue weighted by molar-refractivity contribution is 5.77. The van der Waals surface area contributed by atoms with Gasteiger partial charge in [-0.1, -0.05) is 26.2 Å². The van der Waals surface area contributed by atoms with Gasteiger partial charge >= 0.3 is 0 Å². The van der Waals surface area contributed by atoms with Gasteiger partial charge in [-0.3, -0.25) is 4.99 Å². The van der Waals surface area contributed by atoms with Crippen LogP contribution in [0.5, 0.6) is 0 Å². The fraction of sp³-hybridized carbons (Fsp3) is 0.900. The van der Waals surface area contributed by atoms with Crippen molar-refractivity contribution in [1.29, 1.82) is 0 Å². The largest absolute Gasteiger partial charge is 0.388 e. The number of hydrogen-bond acceptors (Lipinski definition) is 1. The average molecular weight is 168 g/mol. The molecule has 2 nitrogen and oxygen atoms in total. The molecule has 0 spiro atoms. The van der Waals surface area contributed by atoms with E-state index in [1.807, 2.05) is 6.92 Å². The summed E-state index contributed by atoms with van der Waals surface area (Å²) in [7, 11) is 0. The van der Waals surface area contributed by atoms with Crippen molar-refractivity contribution in [2.45, 2.75) is 46.0 Å². The van der Waals surface area contributed by atoms with Gasteiger partial charge in [-0.05, 0) is 25.2 Å². The zero-order chi connectivity index (χ0) is 9.03. The molecule has 2 heteroatoms. The fourth-order valence-electron chi connectivity index (χ4n) is 1.88. The number of nitrogens with two attached hydrogens (primary N) is 1. The van der Waals surface area contributed by atoms with E-state index in [-0.39, 0.29) is 0 Å². The van der Waals surface area contributed by atoms with Gasteiger partial charge in [-0.25, -0.2) is 0 Å². The van der Waals surface area contributed by atoms with Crippen molar-refractivity contribution in [1.82, 2.24) is 0 Å². The Morgan fingerprint density at radius 3 is 2.42 bits per heavy atom. The topological polar surface area (TPSA) is 38.4 Å². The van der Waals surface area contributed by atoms with Crippen LogP contribution < -0.4 is 5.73 Å². The van der Waals surface area contributed by atoms with Crippen LogP contribution >= 0.6 is 0 Å². The third-order valence-electron chi connectivity index (χ3n) is 2.77. The Labute approximate surface area is 75.3 Å². The van der Waals surface area contributed by atoms with Crippen molar-refractivity contribution >= 4 is 5.84 Å². The second-order valence-corrected chi connectivity index (χ2v) is 4.33. The molecular formula is C10H20N2. The molecule has 0 heterocycles. The highest BCUT2D eigenvalue weighted by atomic mass is 14.8. The molecule has 0 saturated heterocycles. The van der Waals surface area contributed by atoms with Crippen molar-refractivity contribution in [3.8, 4) is 0 Å². The maximum Gasteiger partial charge on any atom is 0.0905 e. The van der Waals surface area contributed by atoms with E-state index < -0.39 is 0 Å². The van der Waals surface area contributed by atoms with Crippen LogP contribution in [0.25, 0.3) is 0 Å². The van der Waals surface area contributed by atoms with Crippen LogP contribution in [0.3, 0.4) is 0 Å². The maximum atomic E-state index is 5.52. The zero-order valence-corrected chi connectivity index (χ0v) is 8.27. The summed E-state index contributed by atoms with van der Waals surface area (Å²) in [4.78, 5) is 4.31. The first kappa shape index (κ1) is 9.56. The maximum absolute atomic E-state index is 5.52. The molecule has 2 N–H and O–H groups in total. The normalized spacial score (nSPS) is 24.0. The van der Waals surface area contributed by atoms with E-state index in [4.69, 9.17) is 5.73 Å². The van der Waals surface area contributed by atoms with Gasteiger partial charge in [0, 0.05) is 6.54 Å². The summed E-state index contributed by atoms with van der Waals surface area (Å²) in [6.07, 6.45) is 6.79. The highest BCUT2D eigenvalue weighted by Gasteiger charge is 2.25. The van der Waals surface area contributed by atoms with Gasteiger partial charge in [-0.2, -0.15) is 0 Å². The van der Waals surface area contributed by atoms with Crippen LogP contribution in [-0.4, -0.2) is 12.4 Å². The molecule has 1 saturated carbocycles. The summed E-state index contributed by atoms with van der Waals surface area (Å²) < 4.78 is 0. The number of hydrogen-bond donors (Lipinski definition) is 1. The van der Waals surface area contributed by atoms with Crippen LogP contribution in [0, 0.1) is 5.41 Å². The quantitative estimate of drug-likeness (QED) is 0.499. The van der Waals surface area contributed by atoms with E-state index in [0.717, 1.165) is 12.4 Å². The van der Waals surface area contributed by atoms with E-state index >= 15 is 0 Å². The number of rotatable bonds is 2. The molecule has 0 aliphatic heterocycles. The van der Waals surface area contributed by atoms with Gasteiger partial charge in [0.05, 0.1) is 5.84 Å². The second-order valence-electron chi connectivity index (χ2n) is 4.33. The van der Waals surface area contributed by atoms with Gasteiger partial charge in [0.2, 0.25) is 0 Å². The standard InChI is InChI=1S/C10H20N2/c1-9(11)12-8-10(2)6-4-3-5-7-10/h3-8H2,1-2H3,(H2,11,12). The molecule has 1 aliphatic carbocycles. The third-order valence-corrected chi connectivity index (χ3v) is 2.77. The SMILES string of the molecule is CC(N)=NCC1(C)CCCCC1. The van der Waals surface area contributed by atoms with Crippen molar-refractivity contribution in [3.63, 3.8) is 0 Å². The lowest BCUT2D eigenvalue weighted by atomic mass is 9.76. The Morgan fingerprint density at radius 2 is 1.92 bits per heavy atom. The van der Waals surface area contributed by atoms with Crippen LogP contribution in [-0.2, 0) is 0 Å². The molecular weight excluding hydrogens is 148 g/mol. The molecule has 1 rings (SSSR count). The van der Waals surface area contributed by atoms with E-state index in [1.165, 1.54) is 32.1 Å².